The highest BCUT2D eigenvalue weighted by Crippen LogP contribution is 2.37. The first kappa shape index (κ1) is 19.0. The van der Waals surface area contributed by atoms with Crippen molar-refractivity contribution in [3.63, 3.8) is 0 Å². The summed E-state index contributed by atoms with van der Waals surface area (Å²) in [6.07, 6.45) is 0. The Morgan fingerprint density at radius 2 is 2.04 bits per heavy atom. The first-order valence-corrected chi connectivity index (χ1v) is 9.34. The van der Waals surface area contributed by atoms with Crippen LogP contribution in [0.1, 0.15) is 11.3 Å². The molecule has 0 spiro atoms. The number of carbonyl (C=O) groups is 2. The van der Waals surface area contributed by atoms with Crippen molar-refractivity contribution < 1.29 is 19.1 Å². The molecule has 1 amide bonds. The Bertz CT molecular complexity index is 941. The van der Waals surface area contributed by atoms with E-state index < -0.39 is 11.9 Å². The summed E-state index contributed by atoms with van der Waals surface area (Å²) in [6, 6.07) is 3.71. The quantitative estimate of drug-likeness (QED) is 0.519. The zero-order valence-electron chi connectivity index (χ0n) is 13.9. The molecule has 7 nitrogen and oxygen atoms in total. The second kappa shape index (κ2) is 7.46. The molecule has 1 aliphatic heterocycles. The van der Waals surface area contributed by atoms with Gasteiger partial charge in [0.15, 0.2) is 0 Å². The SMILES string of the molecule is COc1cc2c3c(n(C)c2cc1Br)CN(C(=O)CCl)N=C3OC(=O)CCl. The second-order valence-corrected chi connectivity index (χ2v) is 6.87. The van der Waals surface area contributed by atoms with Crippen LogP contribution in [0.4, 0.5) is 0 Å². The molecular weight excluding hydrogens is 449 g/mol. The van der Waals surface area contributed by atoms with Crippen molar-refractivity contribution in [1.29, 1.82) is 0 Å². The maximum Gasteiger partial charge on any atom is 0.327 e. The Kier molecular flexibility index (Phi) is 5.45. The Labute approximate surface area is 167 Å². The largest absolute Gasteiger partial charge is 0.496 e. The molecule has 0 fully saturated rings. The minimum Gasteiger partial charge on any atom is -0.496 e. The van der Waals surface area contributed by atoms with Crippen molar-refractivity contribution >= 4 is 67.8 Å². The average molecular weight is 463 g/mol. The number of aromatic nitrogens is 1. The number of amides is 1. The molecule has 3 rings (SSSR count). The molecule has 10 heteroatoms. The van der Waals surface area contributed by atoms with Gasteiger partial charge in [0.05, 0.1) is 34.9 Å². The van der Waals surface area contributed by atoms with Crippen LogP contribution in [-0.2, 0) is 27.9 Å². The first-order valence-electron chi connectivity index (χ1n) is 7.48. The molecule has 1 aliphatic rings. The van der Waals surface area contributed by atoms with Gasteiger partial charge in [0.1, 0.15) is 17.5 Å². The van der Waals surface area contributed by atoms with Gasteiger partial charge < -0.3 is 14.0 Å². The second-order valence-electron chi connectivity index (χ2n) is 5.48. The fraction of sp³-hybridized carbons (Fsp3) is 0.312. The van der Waals surface area contributed by atoms with Gasteiger partial charge in [-0.3, -0.25) is 9.59 Å². The van der Waals surface area contributed by atoms with Gasteiger partial charge in [-0.15, -0.1) is 28.3 Å². The van der Waals surface area contributed by atoms with Gasteiger partial charge in [-0.05, 0) is 28.1 Å². The van der Waals surface area contributed by atoms with Gasteiger partial charge in [0.2, 0.25) is 5.90 Å². The molecule has 1 aromatic heterocycles. The topological polar surface area (TPSA) is 73.1 Å². The number of aryl methyl sites for hydroxylation is 1. The summed E-state index contributed by atoms with van der Waals surface area (Å²) in [6.45, 7) is 0.202. The standard InChI is InChI=1S/C16H14BrCl2N3O4/c1-21-10-4-9(17)12(25-2)3-8(10)15-11(21)7-22(13(23)5-18)20-16(15)26-14(24)6-19/h3-4H,5-7H2,1-2H3. The van der Waals surface area contributed by atoms with E-state index in [4.69, 9.17) is 32.7 Å². The van der Waals surface area contributed by atoms with Crippen LogP contribution in [0.15, 0.2) is 21.7 Å². The highest BCUT2D eigenvalue weighted by Gasteiger charge is 2.31. The van der Waals surface area contributed by atoms with Gasteiger partial charge in [-0.1, -0.05) is 0 Å². The maximum absolute atomic E-state index is 12.0. The number of hydrogen-bond acceptors (Lipinski definition) is 5. The van der Waals surface area contributed by atoms with Crippen LogP contribution < -0.4 is 4.74 Å². The minimum atomic E-state index is -0.669. The van der Waals surface area contributed by atoms with Gasteiger partial charge in [0.25, 0.3) is 5.91 Å². The number of ether oxygens (including phenoxy) is 2. The number of hydrazone groups is 1. The van der Waals surface area contributed by atoms with E-state index in [2.05, 4.69) is 21.0 Å². The third-order valence-corrected chi connectivity index (χ3v) is 5.11. The van der Waals surface area contributed by atoms with Crippen molar-refractivity contribution in [2.45, 2.75) is 6.54 Å². The summed E-state index contributed by atoms with van der Waals surface area (Å²) in [5.41, 5.74) is 2.23. The van der Waals surface area contributed by atoms with Crippen molar-refractivity contribution in [3.8, 4) is 5.75 Å². The van der Waals surface area contributed by atoms with Gasteiger partial charge in [-0.25, -0.2) is 5.01 Å². The summed E-state index contributed by atoms with van der Waals surface area (Å²) >= 11 is 14.7. The number of fused-ring (bicyclic) bond motifs is 3. The van der Waals surface area contributed by atoms with Gasteiger partial charge in [0, 0.05) is 12.4 Å². The van der Waals surface area contributed by atoms with E-state index in [0.717, 1.165) is 21.1 Å². The lowest BCUT2D eigenvalue weighted by atomic mass is 10.1. The number of methoxy groups -OCH3 is 1. The van der Waals surface area contributed by atoms with E-state index in [1.807, 2.05) is 23.7 Å². The lowest BCUT2D eigenvalue weighted by Gasteiger charge is -2.23. The lowest BCUT2D eigenvalue weighted by Crippen LogP contribution is -2.34. The Balaban J connectivity index is 2.25. The molecule has 0 radical (unpaired) electrons. The molecule has 2 heterocycles. The molecule has 0 saturated heterocycles. The summed E-state index contributed by atoms with van der Waals surface area (Å²) < 4.78 is 13.3. The predicted molar refractivity (Wildman–Crippen MR) is 102 cm³/mol. The summed E-state index contributed by atoms with van der Waals surface area (Å²) in [4.78, 5) is 23.8. The van der Waals surface area contributed by atoms with Crippen molar-refractivity contribution in [3.05, 3.63) is 27.9 Å². The average Bonchev–Trinajstić information content (AvgIpc) is 2.92. The molecular formula is C16H14BrCl2N3O4. The van der Waals surface area contributed by atoms with Crippen molar-refractivity contribution in [1.82, 2.24) is 9.58 Å². The van der Waals surface area contributed by atoms with Crippen LogP contribution in [-0.4, -0.2) is 46.2 Å². The Hall–Kier alpha value is -1.77. The summed E-state index contributed by atoms with van der Waals surface area (Å²) in [5, 5.41) is 6.13. The van der Waals surface area contributed by atoms with Gasteiger partial charge in [-0.2, -0.15) is 0 Å². The van der Waals surface area contributed by atoms with E-state index in [1.54, 1.807) is 7.11 Å². The number of esters is 1. The third-order valence-electron chi connectivity index (χ3n) is 4.04. The normalized spacial score (nSPS) is 13.4. The molecule has 0 bridgehead atoms. The Morgan fingerprint density at radius 3 is 2.65 bits per heavy atom. The fourth-order valence-electron chi connectivity index (χ4n) is 2.83. The third kappa shape index (κ3) is 3.17. The van der Waals surface area contributed by atoms with Crippen LogP contribution >= 0.6 is 39.1 Å². The monoisotopic (exact) mass is 461 g/mol. The van der Waals surface area contributed by atoms with Gasteiger partial charge >= 0.3 is 5.97 Å². The maximum atomic E-state index is 12.0. The number of hydrogen-bond donors (Lipinski definition) is 0. The van der Waals surface area contributed by atoms with E-state index in [0.29, 0.717) is 11.3 Å². The first-order chi connectivity index (χ1) is 12.4. The van der Waals surface area contributed by atoms with Crippen LogP contribution in [0.25, 0.3) is 10.9 Å². The molecule has 2 aromatic rings. The number of rotatable bonds is 3. The molecule has 0 unspecified atom stereocenters. The van der Waals surface area contributed by atoms with E-state index in [9.17, 15) is 9.59 Å². The highest BCUT2D eigenvalue weighted by atomic mass is 79.9. The Morgan fingerprint density at radius 1 is 1.31 bits per heavy atom. The van der Waals surface area contributed by atoms with E-state index in [-0.39, 0.29) is 24.2 Å². The number of halogens is 3. The molecule has 138 valence electrons. The number of benzene rings is 1. The molecule has 1 aromatic carbocycles. The molecule has 26 heavy (non-hydrogen) atoms. The summed E-state index contributed by atoms with van der Waals surface area (Å²) in [7, 11) is 3.42. The zero-order valence-corrected chi connectivity index (χ0v) is 17.0. The number of nitrogens with zero attached hydrogens (tertiary/aromatic N) is 3. The smallest absolute Gasteiger partial charge is 0.327 e. The minimum absolute atomic E-state index is 0.00495. The zero-order chi connectivity index (χ0) is 19.0. The number of alkyl halides is 2. The van der Waals surface area contributed by atoms with Crippen LogP contribution in [0.3, 0.4) is 0 Å². The molecule has 0 saturated carbocycles. The summed E-state index contributed by atoms with van der Waals surface area (Å²) in [5.74, 6) is -1.02. The van der Waals surface area contributed by atoms with Crippen LogP contribution in [0.5, 0.6) is 5.75 Å². The highest BCUT2D eigenvalue weighted by molar-refractivity contribution is 9.10. The van der Waals surface area contributed by atoms with Crippen LogP contribution in [0.2, 0.25) is 0 Å². The number of carbonyl (C=O) groups excluding carboxylic acids is 2. The van der Waals surface area contributed by atoms with Crippen molar-refractivity contribution in [2.75, 3.05) is 18.9 Å². The predicted octanol–water partition coefficient (Wildman–Crippen LogP) is 2.97. The molecule has 0 N–H and O–H groups in total. The van der Waals surface area contributed by atoms with E-state index >= 15 is 0 Å². The molecule has 0 aliphatic carbocycles. The van der Waals surface area contributed by atoms with E-state index in [1.165, 1.54) is 5.01 Å². The molecule has 0 atom stereocenters. The van der Waals surface area contributed by atoms with Crippen molar-refractivity contribution in [2.24, 2.45) is 12.1 Å². The fourth-order valence-corrected chi connectivity index (χ4v) is 3.51. The van der Waals surface area contributed by atoms with Crippen LogP contribution in [0, 0.1) is 0 Å². The lowest BCUT2D eigenvalue weighted by molar-refractivity contribution is -0.134.